The Morgan fingerprint density at radius 2 is 1.58 bits per heavy atom. The van der Waals surface area contributed by atoms with Crippen LogP contribution in [0.4, 0.5) is 0 Å². The fourth-order valence-corrected chi connectivity index (χ4v) is 4.08. The molecule has 0 amide bonds. The molecule has 0 N–H and O–H groups in total. The molecule has 0 saturated carbocycles. The number of ether oxygens (including phenoxy) is 1. The number of fused-ring (bicyclic) bond motifs is 3. The van der Waals surface area contributed by atoms with Gasteiger partial charge in [0.15, 0.2) is 12.1 Å². The molecule has 0 atom stereocenters. The van der Waals surface area contributed by atoms with Crippen LogP contribution in [0.25, 0.3) is 27.7 Å². The maximum Gasteiger partial charge on any atom is 0.195 e. The zero-order valence-corrected chi connectivity index (χ0v) is 16.9. The first kappa shape index (κ1) is 18.8. The molecule has 0 spiro atoms. The highest BCUT2D eigenvalue weighted by Crippen LogP contribution is 2.34. The van der Waals surface area contributed by atoms with Gasteiger partial charge in [-0.2, -0.15) is 0 Å². The van der Waals surface area contributed by atoms with Gasteiger partial charge in [-0.1, -0.05) is 48.5 Å². The SMILES string of the molecule is COc1ccc(-c2cc(C(=O)c3ccccc3)c3c(C=O)cc4ccccc4n23)cc1. The molecule has 0 saturated heterocycles. The van der Waals surface area contributed by atoms with Crippen LogP contribution in [-0.2, 0) is 0 Å². The number of carbonyl (C=O) groups excluding carboxylic acids is 2. The van der Waals surface area contributed by atoms with E-state index >= 15 is 0 Å². The zero-order chi connectivity index (χ0) is 21.4. The summed E-state index contributed by atoms with van der Waals surface area (Å²) in [5.74, 6) is 0.639. The van der Waals surface area contributed by atoms with Gasteiger partial charge in [0, 0.05) is 16.7 Å². The van der Waals surface area contributed by atoms with Gasteiger partial charge in [-0.15, -0.1) is 0 Å². The van der Waals surface area contributed by atoms with Crippen molar-refractivity contribution in [3.8, 4) is 17.0 Å². The van der Waals surface area contributed by atoms with Gasteiger partial charge in [-0.3, -0.25) is 9.59 Å². The van der Waals surface area contributed by atoms with Crippen LogP contribution in [0.1, 0.15) is 26.3 Å². The van der Waals surface area contributed by atoms with Crippen LogP contribution in [-0.4, -0.2) is 23.6 Å². The summed E-state index contributed by atoms with van der Waals surface area (Å²) in [4.78, 5) is 25.5. The largest absolute Gasteiger partial charge is 0.497 e. The van der Waals surface area contributed by atoms with Crippen LogP contribution in [0, 0.1) is 0 Å². The maximum atomic E-state index is 13.5. The first-order chi connectivity index (χ1) is 15.2. The minimum Gasteiger partial charge on any atom is -0.497 e. The number of ketones is 1. The number of hydrogen-bond donors (Lipinski definition) is 0. The lowest BCUT2D eigenvalue weighted by molar-refractivity contribution is 0.104. The fraction of sp³-hybridized carbons (Fsp3) is 0.0370. The molecule has 4 nitrogen and oxygen atoms in total. The summed E-state index contributed by atoms with van der Waals surface area (Å²) in [6.07, 6.45) is 0.821. The standard InChI is InChI=1S/C27H19NO3/c1-31-22-13-11-18(12-14-22)25-16-23(27(30)19-7-3-2-4-8-19)26-21(17-29)15-20-9-5-6-10-24(20)28(25)26/h2-17H,1H3. The van der Waals surface area contributed by atoms with Gasteiger partial charge in [-0.05, 0) is 53.4 Å². The Balaban J connectivity index is 1.88. The highest BCUT2D eigenvalue weighted by molar-refractivity contribution is 6.17. The molecular formula is C27H19NO3. The molecular weight excluding hydrogens is 386 g/mol. The highest BCUT2D eigenvalue weighted by atomic mass is 16.5. The first-order valence-corrected chi connectivity index (χ1v) is 9.98. The van der Waals surface area contributed by atoms with Crippen molar-refractivity contribution in [2.45, 2.75) is 0 Å². The van der Waals surface area contributed by atoms with E-state index in [-0.39, 0.29) is 5.78 Å². The van der Waals surface area contributed by atoms with Crippen molar-refractivity contribution < 1.29 is 14.3 Å². The molecule has 2 heterocycles. The topological polar surface area (TPSA) is 47.8 Å². The average Bonchev–Trinajstić information content (AvgIpc) is 3.24. The molecule has 0 aliphatic carbocycles. The van der Waals surface area contributed by atoms with Gasteiger partial charge in [0.1, 0.15) is 5.75 Å². The van der Waals surface area contributed by atoms with E-state index in [9.17, 15) is 9.59 Å². The second kappa shape index (κ2) is 7.58. The molecule has 0 aliphatic heterocycles. The van der Waals surface area contributed by atoms with Gasteiger partial charge >= 0.3 is 0 Å². The predicted octanol–water partition coefficient (Wildman–Crippen LogP) is 5.81. The number of nitrogens with zero attached hydrogens (tertiary/aromatic N) is 1. The Kier molecular flexibility index (Phi) is 4.60. The molecule has 2 aromatic heterocycles. The number of benzene rings is 3. The summed E-state index contributed by atoms with van der Waals surface area (Å²) < 4.78 is 7.30. The van der Waals surface area contributed by atoms with E-state index in [1.165, 1.54) is 0 Å². The van der Waals surface area contributed by atoms with Gasteiger partial charge in [0.25, 0.3) is 0 Å². The Morgan fingerprint density at radius 1 is 0.871 bits per heavy atom. The van der Waals surface area contributed by atoms with Crippen molar-refractivity contribution in [2.24, 2.45) is 0 Å². The van der Waals surface area contributed by atoms with Gasteiger partial charge < -0.3 is 9.14 Å². The Hall–Kier alpha value is -4.18. The lowest BCUT2D eigenvalue weighted by Crippen LogP contribution is -2.03. The van der Waals surface area contributed by atoms with E-state index < -0.39 is 0 Å². The van der Waals surface area contributed by atoms with Crippen molar-refractivity contribution in [3.05, 3.63) is 108 Å². The molecule has 3 aromatic carbocycles. The van der Waals surface area contributed by atoms with E-state index in [4.69, 9.17) is 4.74 Å². The summed E-state index contributed by atoms with van der Waals surface area (Å²) >= 11 is 0. The van der Waals surface area contributed by atoms with Crippen LogP contribution in [0.2, 0.25) is 0 Å². The number of hydrogen-bond acceptors (Lipinski definition) is 3. The molecule has 150 valence electrons. The van der Waals surface area contributed by atoms with Crippen molar-refractivity contribution in [1.82, 2.24) is 4.40 Å². The summed E-state index contributed by atoms with van der Waals surface area (Å²) in [6, 6.07) is 28.4. The molecule has 0 fully saturated rings. The van der Waals surface area contributed by atoms with E-state index in [1.807, 2.05) is 83.3 Å². The summed E-state index contributed by atoms with van der Waals surface area (Å²) in [7, 11) is 1.63. The minimum absolute atomic E-state index is 0.115. The zero-order valence-electron chi connectivity index (χ0n) is 16.9. The first-order valence-electron chi connectivity index (χ1n) is 9.98. The third-order valence-electron chi connectivity index (χ3n) is 5.56. The molecule has 5 aromatic rings. The molecule has 0 aliphatic rings. The van der Waals surface area contributed by atoms with Crippen LogP contribution < -0.4 is 4.74 Å². The summed E-state index contributed by atoms with van der Waals surface area (Å²) in [6.45, 7) is 0. The third-order valence-corrected chi connectivity index (χ3v) is 5.56. The summed E-state index contributed by atoms with van der Waals surface area (Å²) in [5, 5.41) is 0.932. The van der Waals surface area contributed by atoms with E-state index in [0.29, 0.717) is 22.2 Å². The number of pyridine rings is 1. The molecule has 0 bridgehead atoms. The third kappa shape index (κ3) is 3.09. The molecule has 0 unspecified atom stereocenters. The van der Waals surface area contributed by atoms with Crippen molar-refractivity contribution in [1.29, 1.82) is 0 Å². The number of para-hydroxylation sites is 1. The lowest BCUT2D eigenvalue weighted by atomic mass is 10.0. The molecule has 0 radical (unpaired) electrons. The Bertz CT molecular complexity index is 1430. The minimum atomic E-state index is -0.115. The molecule has 31 heavy (non-hydrogen) atoms. The van der Waals surface area contributed by atoms with Gasteiger partial charge in [0.05, 0.1) is 23.8 Å². The Labute approximate surface area is 179 Å². The molecule has 5 rings (SSSR count). The molecule has 4 heteroatoms. The number of aldehydes is 1. The van der Waals surface area contributed by atoms with Gasteiger partial charge in [-0.25, -0.2) is 0 Å². The number of aromatic nitrogens is 1. The second-order valence-corrected chi connectivity index (χ2v) is 7.33. The number of methoxy groups -OCH3 is 1. The van der Waals surface area contributed by atoms with Crippen LogP contribution in [0.5, 0.6) is 5.75 Å². The number of rotatable bonds is 5. The summed E-state index contributed by atoms with van der Waals surface area (Å²) in [5.41, 5.74) is 4.89. The monoisotopic (exact) mass is 405 g/mol. The van der Waals surface area contributed by atoms with E-state index in [0.717, 1.165) is 34.2 Å². The highest BCUT2D eigenvalue weighted by Gasteiger charge is 2.22. The lowest BCUT2D eigenvalue weighted by Gasteiger charge is -2.11. The quantitative estimate of drug-likeness (QED) is 0.274. The number of carbonyl (C=O) groups is 2. The van der Waals surface area contributed by atoms with Crippen LogP contribution in [0.15, 0.2) is 91.0 Å². The Morgan fingerprint density at radius 3 is 2.29 bits per heavy atom. The van der Waals surface area contributed by atoms with Crippen LogP contribution >= 0.6 is 0 Å². The van der Waals surface area contributed by atoms with Crippen molar-refractivity contribution in [3.63, 3.8) is 0 Å². The fourth-order valence-electron chi connectivity index (χ4n) is 4.08. The average molecular weight is 405 g/mol. The van der Waals surface area contributed by atoms with Crippen molar-refractivity contribution >= 4 is 28.5 Å². The second-order valence-electron chi connectivity index (χ2n) is 7.33. The van der Waals surface area contributed by atoms with E-state index in [2.05, 4.69) is 0 Å². The predicted molar refractivity (Wildman–Crippen MR) is 122 cm³/mol. The maximum absolute atomic E-state index is 13.5. The van der Waals surface area contributed by atoms with Crippen LogP contribution in [0.3, 0.4) is 0 Å². The van der Waals surface area contributed by atoms with E-state index in [1.54, 1.807) is 19.2 Å². The van der Waals surface area contributed by atoms with Gasteiger partial charge in [0.2, 0.25) is 0 Å². The smallest absolute Gasteiger partial charge is 0.195 e. The normalized spacial score (nSPS) is 11.0. The van der Waals surface area contributed by atoms with Crippen molar-refractivity contribution in [2.75, 3.05) is 7.11 Å².